The van der Waals surface area contributed by atoms with Gasteiger partial charge in [0.15, 0.2) is 0 Å². The van der Waals surface area contributed by atoms with Gasteiger partial charge in [0, 0.05) is 31.5 Å². The SMILES string of the molecule is CCNC(CCCOC)c1cc(Cl)cnc1N. The summed E-state index contributed by atoms with van der Waals surface area (Å²) < 4.78 is 5.06. The van der Waals surface area contributed by atoms with Crippen LogP contribution in [0.1, 0.15) is 31.4 Å². The first-order valence-corrected chi connectivity index (χ1v) is 6.20. The summed E-state index contributed by atoms with van der Waals surface area (Å²) in [4.78, 5) is 4.08. The van der Waals surface area contributed by atoms with Crippen molar-refractivity contribution in [2.45, 2.75) is 25.8 Å². The first-order valence-electron chi connectivity index (χ1n) is 5.82. The number of hydrogen-bond donors (Lipinski definition) is 2. The van der Waals surface area contributed by atoms with Gasteiger partial charge in [0.1, 0.15) is 5.82 Å². The minimum absolute atomic E-state index is 0.182. The molecule has 4 nitrogen and oxygen atoms in total. The second-order valence-corrected chi connectivity index (χ2v) is 4.31. The molecule has 5 heteroatoms. The minimum atomic E-state index is 0.182. The molecule has 0 spiro atoms. The van der Waals surface area contributed by atoms with E-state index in [-0.39, 0.29) is 6.04 Å². The molecular weight excluding hydrogens is 238 g/mol. The summed E-state index contributed by atoms with van der Waals surface area (Å²) in [5.74, 6) is 0.540. The Bertz CT molecular complexity index is 347. The van der Waals surface area contributed by atoms with Crippen molar-refractivity contribution >= 4 is 17.4 Å². The maximum Gasteiger partial charge on any atom is 0.128 e. The van der Waals surface area contributed by atoms with Gasteiger partial charge >= 0.3 is 0 Å². The van der Waals surface area contributed by atoms with Crippen LogP contribution in [0.2, 0.25) is 5.02 Å². The summed E-state index contributed by atoms with van der Waals surface area (Å²) in [6.45, 7) is 3.69. The average Bonchev–Trinajstić information content (AvgIpc) is 2.32. The van der Waals surface area contributed by atoms with Crippen LogP contribution in [0.5, 0.6) is 0 Å². The zero-order valence-corrected chi connectivity index (χ0v) is 11.1. The van der Waals surface area contributed by atoms with Crippen LogP contribution in [-0.2, 0) is 4.74 Å². The van der Waals surface area contributed by atoms with E-state index in [1.165, 1.54) is 0 Å². The Kier molecular flexibility index (Phi) is 6.26. The van der Waals surface area contributed by atoms with E-state index in [4.69, 9.17) is 22.1 Å². The topological polar surface area (TPSA) is 60.2 Å². The fraction of sp³-hybridized carbons (Fsp3) is 0.583. The summed E-state index contributed by atoms with van der Waals surface area (Å²) >= 11 is 5.95. The van der Waals surface area contributed by atoms with Crippen molar-refractivity contribution in [1.29, 1.82) is 0 Å². The van der Waals surface area contributed by atoms with Gasteiger partial charge in [0.25, 0.3) is 0 Å². The number of methoxy groups -OCH3 is 1. The van der Waals surface area contributed by atoms with Crippen molar-refractivity contribution in [3.8, 4) is 0 Å². The van der Waals surface area contributed by atoms with Crippen LogP contribution in [0.3, 0.4) is 0 Å². The van der Waals surface area contributed by atoms with Gasteiger partial charge in [-0.05, 0) is 25.5 Å². The Morgan fingerprint density at radius 1 is 1.59 bits per heavy atom. The Morgan fingerprint density at radius 3 is 3.00 bits per heavy atom. The van der Waals surface area contributed by atoms with Crippen molar-refractivity contribution in [2.24, 2.45) is 0 Å². The number of pyridine rings is 1. The second kappa shape index (κ2) is 7.48. The van der Waals surface area contributed by atoms with E-state index >= 15 is 0 Å². The minimum Gasteiger partial charge on any atom is -0.385 e. The van der Waals surface area contributed by atoms with Crippen LogP contribution in [0.25, 0.3) is 0 Å². The quantitative estimate of drug-likeness (QED) is 0.737. The highest BCUT2D eigenvalue weighted by Gasteiger charge is 2.14. The summed E-state index contributed by atoms with van der Waals surface area (Å²) in [5, 5.41) is 4.01. The van der Waals surface area contributed by atoms with Gasteiger partial charge in [0.05, 0.1) is 5.02 Å². The van der Waals surface area contributed by atoms with Crippen LogP contribution >= 0.6 is 11.6 Å². The third kappa shape index (κ3) is 4.50. The lowest BCUT2D eigenvalue weighted by Gasteiger charge is -2.19. The molecule has 17 heavy (non-hydrogen) atoms. The molecule has 0 aliphatic carbocycles. The van der Waals surface area contributed by atoms with Crippen molar-refractivity contribution < 1.29 is 4.74 Å². The maximum atomic E-state index is 5.95. The number of anilines is 1. The predicted octanol–water partition coefficient (Wildman–Crippen LogP) is 2.39. The van der Waals surface area contributed by atoms with E-state index in [1.54, 1.807) is 13.3 Å². The molecule has 0 saturated carbocycles. The van der Waals surface area contributed by atoms with E-state index in [9.17, 15) is 0 Å². The van der Waals surface area contributed by atoms with Gasteiger partial charge in [-0.25, -0.2) is 4.98 Å². The highest BCUT2D eigenvalue weighted by atomic mass is 35.5. The fourth-order valence-electron chi connectivity index (χ4n) is 1.79. The van der Waals surface area contributed by atoms with Gasteiger partial charge in [-0.3, -0.25) is 0 Å². The molecule has 1 aromatic rings. The molecular formula is C12H20ClN3O. The number of aromatic nitrogens is 1. The monoisotopic (exact) mass is 257 g/mol. The van der Waals surface area contributed by atoms with Gasteiger partial charge in [-0.15, -0.1) is 0 Å². The second-order valence-electron chi connectivity index (χ2n) is 3.87. The standard InChI is InChI=1S/C12H20ClN3O/c1-3-15-11(5-4-6-17-2)10-7-9(13)8-16-12(10)14/h7-8,11,15H,3-6H2,1-2H3,(H2,14,16). The molecule has 0 amide bonds. The maximum absolute atomic E-state index is 5.95. The molecule has 1 aromatic heterocycles. The number of hydrogen-bond acceptors (Lipinski definition) is 4. The van der Waals surface area contributed by atoms with E-state index in [1.807, 2.05) is 6.07 Å². The Balaban J connectivity index is 2.77. The van der Waals surface area contributed by atoms with Crippen molar-refractivity contribution in [2.75, 3.05) is 26.0 Å². The van der Waals surface area contributed by atoms with E-state index < -0.39 is 0 Å². The average molecular weight is 258 g/mol. The Morgan fingerprint density at radius 2 is 2.35 bits per heavy atom. The number of nitrogens with one attached hydrogen (secondary N) is 1. The highest BCUT2D eigenvalue weighted by molar-refractivity contribution is 6.30. The van der Waals surface area contributed by atoms with Crippen LogP contribution in [-0.4, -0.2) is 25.2 Å². The molecule has 1 atom stereocenters. The molecule has 96 valence electrons. The largest absolute Gasteiger partial charge is 0.385 e. The first-order chi connectivity index (χ1) is 8.19. The fourth-order valence-corrected chi connectivity index (χ4v) is 1.96. The van der Waals surface area contributed by atoms with Crippen LogP contribution in [0, 0.1) is 0 Å². The number of nitrogens with zero attached hydrogens (tertiary/aromatic N) is 1. The number of halogens is 1. The molecule has 1 rings (SSSR count). The molecule has 0 bridgehead atoms. The van der Waals surface area contributed by atoms with Crippen molar-refractivity contribution in [3.63, 3.8) is 0 Å². The number of nitrogens with two attached hydrogens (primary N) is 1. The van der Waals surface area contributed by atoms with Gasteiger partial charge in [-0.1, -0.05) is 18.5 Å². The van der Waals surface area contributed by atoms with Crippen LogP contribution in [0.4, 0.5) is 5.82 Å². The van der Waals surface area contributed by atoms with Crippen LogP contribution < -0.4 is 11.1 Å². The normalized spacial score (nSPS) is 12.6. The number of rotatable bonds is 7. The van der Waals surface area contributed by atoms with Gasteiger partial charge in [0.2, 0.25) is 0 Å². The van der Waals surface area contributed by atoms with E-state index in [0.717, 1.165) is 31.6 Å². The Labute approximate surface area is 108 Å². The molecule has 0 fully saturated rings. The predicted molar refractivity (Wildman–Crippen MR) is 71.2 cm³/mol. The van der Waals surface area contributed by atoms with E-state index in [0.29, 0.717) is 10.8 Å². The summed E-state index contributed by atoms with van der Waals surface area (Å²) in [5.41, 5.74) is 6.85. The first kappa shape index (κ1) is 14.2. The molecule has 3 N–H and O–H groups in total. The van der Waals surface area contributed by atoms with E-state index in [2.05, 4.69) is 17.2 Å². The lowest BCUT2D eigenvalue weighted by atomic mass is 10.0. The zero-order valence-electron chi connectivity index (χ0n) is 10.4. The summed E-state index contributed by atoms with van der Waals surface area (Å²) in [6, 6.07) is 2.06. The smallest absolute Gasteiger partial charge is 0.128 e. The lowest BCUT2D eigenvalue weighted by Crippen LogP contribution is -2.22. The Hall–Kier alpha value is -0.840. The van der Waals surface area contributed by atoms with Gasteiger partial charge < -0.3 is 15.8 Å². The third-order valence-electron chi connectivity index (χ3n) is 2.58. The zero-order chi connectivity index (χ0) is 12.7. The third-order valence-corrected chi connectivity index (χ3v) is 2.79. The molecule has 0 saturated heterocycles. The van der Waals surface area contributed by atoms with Crippen molar-refractivity contribution in [1.82, 2.24) is 10.3 Å². The molecule has 0 radical (unpaired) electrons. The lowest BCUT2D eigenvalue weighted by molar-refractivity contribution is 0.189. The molecule has 1 heterocycles. The summed E-state index contributed by atoms with van der Waals surface area (Å²) in [6.07, 6.45) is 3.49. The molecule has 1 unspecified atom stereocenters. The molecule has 0 aliphatic heterocycles. The molecule has 0 aromatic carbocycles. The summed E-state index contributed by atoms with van der Waals surface area (Å²) in [7, 11) is 1.71. The highest BCUT2D eigenvalue weighted by Crippen LogP contribution is 2.25. The van der Waals surface area contributed by atoms with Gasteiger partial charge in [-0.2, -0.15) is 0 Å². The number of nitrogen functional groups attached to an aromatic ring is 1. The molecule has 0 aliphatic rings. The van der Waals surface area contributed by atoms with Crippen LogP contribution in [0.15, 0.2) is 12.3 Å². The van der Waals surface area contributed by atoms with Crippen molar-refractivity contribution in [3.05, 3.63) is 22.8 Å². The number of ether oxygens (including phenoxy) is 1.